The molecule has 2 rings (SSSR count). The lowest BCUT2D eigenvalue weighted by atomic mass is 10.1. The predicted molar refractivity (Wildman–Crippen MR) is 106 cm³/mol. The molecule has 0 heterocycles. The minimum absolute atomic E-state index is 0.155. The molecule has 1 amide bonds. The van der Waals surface area contributed by atoms with E-state index in [9.17, 15) is 4.79 Å². The van der Waals surface area contributed by atoms with E-state index in [1.807, 2.05) is 32.9 Å². The summed E-state index contributed by atoms with van der Waals surface area (Å²) in [7, 11) is 0. The fourth-order valence-corrected chi connectivity index (χ4v) is 3.44. The summed E-state index contributed by atoms with van der Waals surface area (Å²) in [6.07, 6.45) is 0. The van der Waals surface area contributed by atoms with Crippen molar-refractivity contribution in [2.75, 3.05) is 5.75 Å². The van der Waals surface area contributed by atoms with Gasteiger partial charge in [-0.3, -0.25) is 4.79 Å². The number of thioether (sulfide) groups is 1. The number of carbonyl (C=O) groups excluding carboxylic acids is 1. The van der Waals surface area contributed by atoms with Crippen LogP contribution in [0.15, 0.2) is 50.9 Å². The zero-order valence-electron chi connectivity index (χ0n) is 14.3. The molecular weight excluding hydrogens is 398 g/mol. The molecule has 6 heteroatoms. The van der Waals surface area contributed by atoms with Crippen molar-refractivity contribution in [2.24, 2.45) is 5.10 Å². The van der Waals surface area contributed by atoms with Crippen molar-refractivity contribution in [1.82, 2.24) is 5.43 Å². The normalized spacial score (nSPS) is 11.1. The molecule has 2 aromatic carbocycles. The summed E-state index contributed by atoms with van der Waals surface area (Å²) in [5.74, 6) is 0.143. The van der Waals surface area contributed by atoms with Crippen LogP contribution < -0.4 is 5.43 Å². The molecule has 0 atom stereocenters. The number of hydrazone groups is 1. The number of halogens is 1. The highest BCUT2D eigenvalue weighted by Crippen LogP contribution is 2.28. The Balaban J connectivity index is 1.93. The van der Waals surface area contributed by atoms with Crippen LogP contribution in [-0.2, 0) is 4.79 Å². The van der Waals surface area contributed by atoms with Crippen molar-refractivity contribution in [3.63, 3.8) is 0 Å². The molecule has 0 aliphatic rings. The fourth-order valence-electron chi connectivity index (χ4n) is 2.08. The summed E-state index contributed by atoms with van der Waals surface area (Å²) in [6, 6.07) is 13.3. The molecular formula is C19H18BrN3OS. The van der Waals surface area contributed by atoms with Gasteiger partial charge in [0.15, 0.2) is 0 Å². The van der Waals surface area contributed by atoms with Gasteiger partial charge in [-0.05, 0) is 61.7 Å². The van der Waals surface area contributed by atoms with Crippen LogP contribution in [0.3, 0.4) is 0 Å². The van der Waals surface area contributed by atoms with E-state index in [1.54, 1.807) is 12.1 Å². The molecule has 1 N–H and O–H groups in total. The van der Waals surface area contributed by atoms with Crippen molar-refractivity contribution in [3.05, 3.63) is 63.1 Å². The van der Waals surface area contributed by atoms with Gasteiger partial charge in [0.1, 0.15) is 0 Å². The summed E-state index contributed by atoms with van der Waals surface area (Å²) >= 11 is 5.00. The Morgan fingerprint density at radius 1 is 1.24 bits per heavy atom. The topological polar surface area (TPSA) is 65.2 Å². The zero-order chi connectivity index (χ0) is 18.4. The maximum atomic E-state index is 12.0. The molecule has 2 aromatic rings. The Morgan fingerprint density at radius 2 is 1.92 bits per heavy atom. The molecule has 0 saturated heterocycles. The van der Waals surface area contributed by atoms with E-state index in [0.717, 1.165) is 26.1 Å². The van der Waals surface area contributed by atoms with Crippen LogP contribution in [0.5, 0.6) is 0 Å². The molecule has 0 fully saturated rings. The van der Waals surface area contributed by atoms with E-state index < -0.39 is 0 Å². The molecule has 0 aromatic heterocycles. The molecule has 25 heavy (non-hydrogen) atoms. The van der Waals surface area contributed by atoms with Crippen LogP contribution in [0, 0.1) is 25.2 Å². The monoisotopic (exact) mass is 415 g/mol. The largest absolute Gasteiger partial charge is 0.272 e. The SMILES string of the molecule is C/C(=N/NC(=O)CSc1cc(C)c(Br)cc1C)c1ccc(C#N)cc1. The van der Waals surface area contributed by atoms with Crippen molar-refractivity contribution in [1.29, 1.82) is 5.26 Å². The molecule has 0 aliphatic carbocycles. The minimum atomic E-state index is -0.155. The number of amides is 1. The molecule has 4 nitrogen and oxygen atoms in total. The summed E-state index contributed by atoms with van der Waals surface area (Å²) in [4.78, 5) is 13.1. The number of nitriles is 1. The molecule has 0 bridgehead atoms. The third-order valence-corrected chi connectivity index (χ3v) is 5.61. The van der Waals surface area contributed by atoms with Gasteiger partial charge in [0.05, 0.1) is 23.1 Å². The third-order valence-electron chi connectivity index (χ3n) is 3.60. The maximum Gasteiger partial charge on any atom is 0.250 e. The van der Waals surface area contributed by atoms with E-state index >= 15 is 0 Å². The van der Waals surface area contributed by atoms with Gasteiger partial charge in [0.25, 0.3) is 0 Å². The number of carbonyl (C=O) groups is 1. The van der Waals surface area contributed by atoms with E-state index in [4.69, 9.17) is 5.26 Å². The summed E-state index contributed by atoms with van der Waals surface area (Å²) < 4.78 is 1.07. The first-order valence-electron chi connectivity index (χ1n) is 7.64. The Labute approximate surface area is 160 Å². The quantitative estimate of drug-likeness (QED) is 0.441. The summed E-state index contributed by atoms with van der Waals surface area (Å²) in [5.41, 5.74) is 7.01. The molecule has 0 unspecified atom stereocenters. The lowest BCUT2D eigenvalue weighted by Gasteiger charge is -2.08. The van der Waals surface area contributed by atoms with Gasteiger partial charge in [-0.15, -0.1) is 11.8 Å². The Kier molecular flexibility index (Phi) is 6.80. The summed E-state index contributed by atoms with van der Waals surface area (Å²) in [5, 5.41) is 12.9. The Hall–Kier alpha value is -2.10. The van der Waals surface area contributed by atoms with E-state index in [2.05, 4.69) is 44.7 Å². The van der Waals surface area contributed by atoms with E-state index in [0.29, 0.717) is 17.0 Å². The van der Waals surface area contributed by atoms with Crippen LogP contribution in [0.2, 0.25) is 0 Å². The molecule has 0 aliphatic heterocycles. The van der Waals surface area contributed by atoms with Crippen LogP contribution >= 0.6 is 27.7 Å². The third kappa shape index (κ3) is 5.45. The van der Waals surface area contributed by atoms with Gasteiger partial charge < -0.3 is 0 Å². The molecule has 0 saturated carbocycles. The standard InChI is InChI=1S/C19H18BrN3OS/c1-12-9-18(13(2)8-17(12)20)25-11-19(24)23-22-14(3)16-6-4-15(10-21)5-7-16/h4-9H,11H2,1-3H3,(H,23,24)/b22-14-. The second-order valence-corrected chi connectivity index (χ2v) is 7.45. The van der Waals surface area contributed by atoms with Gasteiger partial charge in [-0.2, -0.15) is 10.4 Å². The van der Waals surface area contributed by atoms with Crippen LogP contribution in [0.25, 0.3) is 0 Å². The van der Waals surface area contributed by atoms with Crippen molar-refractivity contribution < 1.29 is 4.79 Å². The average molecular weight is 416 g/mol. The highest BCUT2D eigenvalue weighted by atomic mass is 79.9. The number of benzene rings is 2. The number of rotatable bonds is 5. The lowest BCUT2D eigenvalue weighted by molar-refractivity contribution is -0.118. The highest BCUT2D eigenvalue weighted by Gasteiger charge is 2.07. The van der Waals surface area contributed by atoms with E-state index in [1.165, 1.54) is 11.8 Å². The maximum absolute atomic E-state index is 12.0. The van der Waals surface area contributed by atoms with E-state index in [-0.39, 0.29) is 5.91 Å². The molecule has 0 radical (unpaired) electrons. The van der Waals surface area contributed by atoms with Gasteiger partial charge in [-0.1, -0.05) is 28.1 Å². The number of nitrogens with zero attached hydrogens (tertiary/aromatic N) is 2. The van der Waals surface area contributed by atoms with Gasteiger partial charge in [0.2, 0.25) is 5.91 Å². The van der Waals surface area contributed by atoms with Gasteiger partial charge >= 0.3 is 0 Å². The van der Waals surface area contributed by atoms with Gasteiger partial charge in [0, 0.05) is 9.37 Å². The first kappa shape index (κ1) is 19.2. The Morgan fingerprint density at radius 3 is 2.56 bits per heavy atom. The second-order valence-electron chi connectivity index (χ2n) is 5.58. The van der Waals surface area contributed by atoms with Crippen LogP contribution in [0.1, 0.15) is 29.2 Å². The number of aryl methyl sites for hydroxylation is 2. The number of nitrogens with one attached hydrogen (secondary N) is 1. The van der Waals surface area contributed by atoms with Crippen LogP contribution in [-0.4, -0.2) is 17.4 Å². The molecule has 128 valence electrons. The first-order valence-corrected chi connectivity index (χ1v) is 9.41. The Bertz CT molecular complexity index is 854. The van der Waals surface area contributed by atoms with Crippen molar-refractivity contribution in [3.8, 4) is 6.07 Å². The lowest BCUT2D eigenvalue weighted by Crippen LogP contribution is -2.21. The minimum Gasteiger partial charge on any atom is -0.272 e. The fraction of sp³-hybridized carbons (Fsp3) is 0.211. The highest BCUT2D eigenvalue weighted by molar-refractivity contribution is 9.10. The smallest absolute Gasteiger partial charge is 0.250 e. The van der Waals surface area contributed by atoms with Crippen LogP contribution in [0.4, 0.5) is 0 Å². The van der Waals surface area contributed by atoms with Gasteiger partial charge in [-0.25, -0.2) is 5.43 Å². The average Bonchev–Trinajstić information content (AvgIpc) is 2.61. The van der Waals surface area contributed by atoms with Crippen molar-refractivity contribution in [2.45, 2.75) is 25.7 Å². The predicted octanol–water partition coefficient (Wildman–Crippen LogP) is 4.57. The zero-order valence-corrected chi connectivity index (χ0v) is 16.7. The van der Waals surface area contributed by atoms with Crippen molar-refractivity contribution >= 4 is 39.3 Å². The number of hydrogen-bond acceptors (Lipinski definition) is 4. The first-order chi connectivity index (χ1) is 11.9. The molecule has 0 spiro atoms. The second kappa shape index (κ2) is 8.84. The summed E-state index contributed by atoms with van der Waals surface area (Å²) in [6.45, 7) is 5.87. The number of hydrogen-bond donors (Lipinski definition) is 1.